The Labute approximate surface area is 85.4 Å². The third-order valence-electron chi connectivity index (χ3n) is 1.95. The molecule has 0 bridgehead atoms. The molecule has 7 heteroatoms. The molecule has 1 aromatic heterocycles. The predicted octanol–water partition coefficient (Wildman–Crippen LogP) is -1.16. The van der Waals surface area contributed by atoms with Crippen molar-refractivity contribution >= 4 is 11.8 Å². The van der Waals surface area contributed by atoms with Crippen LogP contribution in [0.5, 0.6) is 0 Å². The second kappa shape index (κ2) is 3.77. The van der Waals surface area contributed by atoms with E-state index in [-0.39, 0.29) is 24.9 Å². The molecule has 0 unspecified atom stereocenters. The van der Waals surface area contributed by atoms with Gasteiger partial charge in [0.25, 0.3) is 0 Å². The van der Waals surface area contributed by atoms with Crippen molar-refractivity contribution in [3.8, 4) is 0 Å². The van der Waals surface area contributed by atoms with Crippen LogP contribution in [0.15, 0.2) is 4.52 Å². The van der Waals surface area contributed by atoms with Crippen molar-refractivity contribution in [1.82, 2.24) is 20.4 Å². The molecule has 2 amide bonds. The summed E-state index contributed by atoms with van der Waals surface area (Å²) in [4.78, 5) is 27.7. The van der Waals surface area contributed by atoms with E-state index in [9.17, 15) is 9.59 Å². The maximum atomic E-state index is 11.0. The minimum atomic E-state index is -0.300. The van der Waals surface area contributed by atoms with E-state index < -0.39 is 0 Å². The van der Waals surface area contributed by atoms with Gasteiger partial charge in [-0.1, -0.05) is 5.16 Å². The highest BCUT2D eigenvalue weighted by Crippen LogP contribution is 2.02. The number of hydrogen-bond donors (Lipinski definition) is 1. The average molecular weight is 210 g/mol. The highest BCUT2D eigenvalue weighted by molar-refractivity contribution is 5.99. The van der Waals surface area contributed by atoms with E-state index in [0.29, 0.717) is 18.3 Å². The van der Waals surface area contributed by atoms with Gasteiger partial charge in [-0.2, -0.15) is 4.98 Å². The fourth-order valence-electron chi connectivity index (χ4n) is 1.41. The summed E-state index contributed by atoms with van der Waals surface area (Å²) >= 11 is 0. The Morgan fingerprint density at radius 2 is 2.07 bits per heavy atom. The molecule has 0 atom stereocenters. The summed E-state index contributed by atoms with van der Waals surface area (Å²) in [6, 6.07) is 0. The summed E-state index contributed by atoms with van der Waals surface area (Å²) < 4.78 is 4.79. The lowest BCUT2D eigenvalue weighted by Gasteiger charge is -2.23. The molecule has 1 aliphatic heterocycles. The minimum Gasteiger partial charge on any atom is -0.340 e. The zero-order chi connectivity index (χ0) is 10.8. The third kappa shape index (κ3) is 2.38. The highest BCUT2D eigenvalue weighted by atomic mass is 16.5. The molecule has 1 saturated heterocycles. The Hall–Kier alpha value is -1.76. The number of carbonyl (C=O) groups excluding carboxylic acids is 2. The van der Waals surface area contributed by atoms with Gasteiger partial charge in [0.05, 0.1) is 19.6 Å². The second-order valence-corrected chi connectivity index (χ2v) is 3.35. The lowest BCUT2D eigenvalue weighted by atomic mass is 10.3. The quantitative estimate of drug-likeness (QED) is 0.619. The summed E-state index contributed by atoms with van der Waals surface area (Å²) in [7, 11) is 0. The Balaban J connectivity index is 2.00. The van der Waals surface area contributed by atoms with Gasteiger partial charge >= 0.3 is 0 Å². The van der Waals surface area contributed by atoms with E-state index in [1.807, 2.05) is 0 Å². The van der Waals surface area contributed by atoms with Gasteiger partial charge < -0.3 is 4.52 Å². The summed E-state index contributed by atoms with van der Waals surface area (Å²) in [5.74, 6) is 0.353. The second-order valence-electron chi connectivity index (χ2n) is 3.35. The molecular formula is C8H10N4O3. The summed E-state index contributed by atoms with van der Waals surface area (Å²) in [5, 5.41) is 5.91. The number of nitrogens with one attached hydrogen (secondary N) is 1. The van der Waals surface area contributed by atoms with Gasteiger partial charge in [-0.15, -0.1) is 0 Å². The lowest BCUT2D eigenvalue weighted by molar-refractivity contribution is -0.136. The van der Waals surface area contributed by atoms with Crippen LogP contribution in [0.3, 0.4) is 0 Å². The highest BCUT2D eigenvalue weighted by Gasteiger charge is 2.23. The predicted molar refractivity (Wildman–Crippen MR) is 47.5 cm³/mol. The number of aromatic nitrogens is 2. The maximum Gasteiger partial charge on any atom is 0.240 e. The van der Waals surface area contributed by atoms with Gasteiger partial charge in [0.1, 0.15) is 0 Å². The van der Waals surface area contributed by atoms with E-state index in [1.165, 1.54) is 0 Å². The van der Waals surface area contributed by atoms with Gasteiger partial charge in [0.15, 0.2) is 5.82 Å². The van der Waals surface area contributed by atoms with Gasteiger partial charge in [0, 0.05) is 6.92 Å². The Bertz CT molecular complexity index is 384. The number of nitrogens with zero attached hydrogens (tertiary/aromatic N) is 3. The van der Waals surface area contributed by atoms with Crippen LogP contribution in [0.1, 0.15) is 11.7 Å². The minimum absolute atomic E-state index is 0.180. The molecule has 0 aromatic carbocycles. The number of carbonyl (C=O) groups is 2. The third-order valence-corrected chi connectivity index (χ3v) is 1.95. The van der Waals surface area contributed by atoms with Crippen molar-refractivity contribution in [3.63, 3.8) is 0 Å². The monoisotopic (exact) mass is 210 g/mol. The van der Waals surface area contributed by atoms with E-state index >= 15 is 0 Å². The van der Waals surface area contributed by atoms with Crippen LogP contribution in [0.2, 0.25) is 0 Å². The largest absolute Gasteiger partial charge is 0.340 e. The van der Waals surface area contributed by atoms with E-state index in [4.69, 9.17) is 4.52 Å². The molecule has 2 heterocycles. The molecular weight excluding hydrogens is 200 g/mol. The van der Waals surface area contributed by atoms with E-state index in [0.717, 1.165) is 0 Å². The van der Waals surface area contributed by atoms with Gasteiger partial charge in [-0.05, 0) is 0 Å². The Morgan fingerprint density at radius 1 is 1.40 bits per heavy atom. The Morgan fingerprint density at radius 3 is 2.60 bits per heavy atom. The van der Waals surface area contributed by atoms with Crippen LogP contribution in [0.25, 0.3) is 0 Å². The van der Waals surface area contributed by atoms with Crippen molar-refractivity contribution in [2.45, 2.75) is 13.5 Å². The molecule has 0 radical (unpaired) electrons. The molecule has 15 heavy (non-hydrogen) atoms. The zero-order valence-corrected chi connectivity index (χ0v) is 8.19. The molecule has 1 fully saturated rings. The molecule has 7 nitrogen and oxygen atoms in total. The molecule has 2 rings (SSSR count). The molecule has 1 aromatic rings. The van der Waals surface area contributed by atoms with Gasteiger partial charge in [-0.25, -0.2) is 0 Å². The fourth-order valence-corrected chi connectivity index (χ4v) is 1.41. The number of imide groups is 1. The fraction of sp³-hybridized carbons (Fsp3) is 0.500. The molecule has 1 aliphatic rings. The van der Waals surface area contributed by atoms with Crippen LogP contribution in [-0.2, 0) is 16.1 Å². The smallest absolute Gasteiger partial charge is 0.240 e. The van der Waals surface area contributed by atoms with E-state index in [1.54, 1.807) is 11.8 Å². The topological polar surface area (TPSA) is 88.3 Å². The Kier molecular flexibility index (Phi) is 2.46. The maximum absolute atomic E-state index is 11.0. The first kappa shape index (κ1) is 9.78. The van der Waals surface area contributed by atoms with Crippen molar-refractivity contribution in [2.75, 3.05) is 13.1 Å². The standard InChI is InChI=1S/C8H10N4O3/c1-5-9-6(11-15-5)2-12-3-7(13)10-8(14)4-12/h2-4H2,1H3,(H,10,13,14). The van der Waals surface area contributed by atoms with E-state index in [2.05, 4.69) is 15.5 Å². The number of amides is 2. The van der Waals surface area contributed by atoms with Gasteiger partial charge in [-0.3, -0.25) is 19.8 Å². The van der Waals surface area contributed by atoms with Crippen LogP contribution < -0.4 is 5.32 Å². The first-order valence-electron chi connectivity index (χ1n) is 4.48. The first-order chi connectivity index (χ1) is 7.13. The van der Waals surface area contributed by atoms with Gasteiger partial charge in [0.2, 0.25) is 17.7 Å². The number of piperazine rings is 1. The van der Waals surface area contributed by atoms with Crippen molar-refractivity contribution in [2.24, 2.45) is 0 Å². The van der Waals surface area contributed by atoms with Crippen LogP contribution in [0.4, 0.5) is 0 Å². The molecule has 1 N–H and O–H groups in total. The van der Waals surface area contributed by atoms with Crippen molar-refractivity contribution in [3.05, 3.63) is 11.7 Å². The van der Waals surface area contributed by atoms with Crippen molar-refractivity contribution < 1.29 is 14.1 Å². The number of aryl methyl sites for hydroxylation is 1. The normalized spacial score (nSPS) is 17.9. The zero-order valence-electron chi connectivity index (χ0n) is 8.19. The summed E-state index contributed by atoms with van der Waals surface area (Å²) in [5.41, 5.74) is 0. The molecule has 0 saturated carbocycles. The van der Waals surface area contributed by atoms with Crippen LogP contribution in [0, 0.1) is 6.92 Å². The summed E-state index contributed by atoms with van der Waals surface area (Å²) in [6.07, 6.45) is 0. The number of rotatable bonds is 2. The van der Waals surface area contributed by atoms with Crippen molar-refractivity contribution in [1.29, 1.82) is 0 Å². The molecule has 0 aliphatic carbocycles. The van der Waals surface area contributed by atoms with Crippen LogP contribution in [-0.4, -0.2) is 39.9 Å². The number of hydrogen-bond acceptors (Lipinski definition) is 6. The van der Waals surface area contributed by atoms with Crippen LogP contribution >= 0.6 is 0 Å². The average Bonchev–Trinajstić information content (AvgIpc) is 2.49. The SMILES string of the molecule is Cc1nc(CN2CC(=O)NC(=O)C2)no1. The molecule has 80 valence electrons. The summed E-state index contributed by atoms with van der Waals surface area (Å²) in [6.45, 7) is 2.39. The molecule has 0 spiro atoms. The first-order valence-corrected chi connectivity index (χ1v) is 4.48. The lowest BCUT2D eigenvalue weighted by Crippen LogP contribution is -2.50.